The first kappa shape index (κ1) is 31.7. The van der Waals surface area contributed by atoms with Crippen LogP contribution in [0.15, 0.2) is 34.9 Å². The van der Waals surface area contributed by atoms with E-state index < -0.39 is 89.1 Å². The summed E-state index contributed by atoms with van der Waals surface area (Å²) in [5.74, 6) is 0. The lowest BCUT2D eigenvalue weighted by molar-refractivity contribution is -0.0582. The Kier molecular flexibility index (Phi) is 8.33. The van der Waals surface area contributed by atoms with Gasteiger partial charge in [0.2, 0.25) is 0 Å². The van der Waals surface area contributed by atoms with Crippen LogP contribution in [0.1, 0.15) is 12.5 Å². The quantitative estimate of drug-likeness (QED) is 0.0763. The first-order valence-corrected chi connectivity index (χ1v) is 15.8. The number of aliphatic hydroxyl groups excluding tert-OH is 3. The molecule has 9 atom stereocenters. The summed E-state index contributed by atoms with van der Waals surface area (Å²) >= 11 is 0. The normalized spacial score (nSPS) is 30.4. The van der Waals surface area contributed by atoms with Crippen molar-refractivity contribution in [2.75, 3.05) is 13.2 Å². The maximum atomic E-state index is 13.0. The highest BCUT2D eigenvalue weighted by molar-refractivity contribution is 7.47. The van der Waals surface area contributed by atoms with Gasteiger partial charge in [-0.2, -0.15) is 0 Å². The summed E-state index contributed by atoms with van der Waals surface area (Å²) in [5, 5.41) is 32.1. The molecule has 4 aromatic rings. The van der Waals surface area contributed by atoms with Gasteiger partial charge in [0.1, 0.15) is 36.6 Å². The van der Waals surface area contributed by atoms with Gasteiger partial charge < -0.3 is 49.4 Å². The first-order chi connectivity index (χ1) is 21.2. The Morgan fingerprint density at radius 1 is 0.756 bits per heavy atom. The molecule has 0 amide bonds. The summed E-state index contributed by atoms with van der Waals surface area (Å²) < 4.78 is 52.4. The fourth-order valence-electron chi connectivity index (χ4n) is 4.93. The Labute approximate surface area is 247 Å². The van der Waals surface area contributed by atoms with Crippen molar-refractivity contribution in [3.8, 4) is 0 Å². The summed E-state index contributed by atoms with van der Waals surface area (Å²) in [7, 11) is -10.3. The molecule has 8 N–H and O–H groups in total. The monoisotopic (exact) mass is 678 g/mol. The van der Waals surface area contributed by atoms with Crippen molar-refractivity contribution in [2.45, 2.75) is 49.1 Å². The molecule has 0 aromatic carbocycles. The Morgan fingerprint density at radius 3 is 1.82 bits per heavy atom. The third-order valence-electron chi connectivity index (χ3n) is 6.99. The number of phosphoric ester groups is 2. The van der Waals surface area contributed by atoms with E-state index in [1.807, 2.05) is 0 Å². The van der Waals surface area contributed by atoms with Crippen molar-refractivity contribution in [3.63, 3.8) is 0 Å². The van der Waals surface area contributed by atoms with Crippen molar-refractivity contribution in [1.29, 1.82) is 0 Å². The highest BCUT2D eigenvalue weighted by atomic mass is 31.2. The summed E-state index contributed by atoms with van der Waals surface area (Å²) in [4.78, 5) is 73.2. The number of nitrogens with zero attached hydrogens (tertiary/aromatic N) is 6. The van der Waals surface area contributed by atoms with Crippen LogP contribution < -0.4 is 11.1 Å². The average molecular weight is 678 g/mol. The second-order valence-electron chi connectivity index (χ2n) is 9.83. The molecule has 2 saturated heterocycles. The van der Waals surface area contributed by atoms with Crippen LogP contribution in [0.25, 0.3) is 22.3 Å². The van der Waals surface area contributed by atoms with Gasteiger partial charge >= 0.3 is 15.6 Å². The van der Waals surface area contributed by atoms with Gasteiger partial charge in [-0.05, 0) is 0 Å². The molecule has 0 aliphatic carbocycles. The van der Waals surface area contributed by atoms with E-state index in [0.717, 1.165) is 29.9 Å². The maximum Gasteiger partial charge on any atom is 0.472 e. The number of ether oxygens (including phenoxy) is 2. The zero-order valence-corrected chi connectivity index (χ0v) is 24.1. The Balaban J connectivity index is 1.18. The molecular weight excluding hydrogens is 654 g/mol. The molecule has 0 spiro atoms. The number of aliphatic hydroxyl groups is 3. The van der Waals surface area contributed by atoms with Crippen LogP contribution in [0.2, 0.25) is 0 Å². The summed E-state index contributed by atoms with van der Waals surface area (Å²) in [6.07, 6.45) is -8.46. The number of phosphoric acid groups is 2. The fourth-order valence-corrected chi connectivity index (χ4v) is 6.24. The van der Waals surface area contributed by atoms with Crippen molar-refractivity contribution in [1.82, 2.24) is 39.0 Å². The van der Waals surface area contributed by atoms with Crippen LogP contribution in [0.4, 0.5) is 0 Å². The minimum absolute atomic E-state index is 0.0200. The maximum absolute atomic E-state index is 13.0. The summed E-state index contributed by atoms with van der Waals surface area (Å²) in [6.45, 7) is -1.78. The van der Waals surface area contributed by atoms with Crippen molar-refractivity contribution in [3.05, 3.63) is 46.0 Å². The number of imidazole rings is 2. The number of hydrogen-bond acceptors (Lipinski definition) is 16. The minimum atomic E-state index is -5.20. The first-order valence-electron chi connectivity index (χ1n) is 12.8. The van der Waals surface area contributed by atoms with Gasteiger partial charge in [-0.15, -0.1) is 0 Å². The number of aromatic amines is 2. The lowest BCUT2D eigenvalue weighted by Gasteiger charge is -2.24. The van der Waals surface area contributed by atoms with Crippen LogP contribution in [-0.4, -0.2) is 119 Å². The molecule has 25 heteroatoms. The third-order valence-corrected chi connectivity index (χ3v) is 8.46. The zero-order chi connectivity index (χ0) is 32.3. The van der Waals surface area contributed by atoms with Gasteiger partial charge in [-0.1, -0.05) is 0 Å². The van der Waals surface area contributed by atoms with Crippen LogP contribution in [0.3, 0.4) is 0 Å². The number of nitrogens with one attached hydrogen (secondary N) is 2. The lowest BCUT2D eigenvalue weighted by Crippen LogP contribution is -2.37. The van der Waals surface area contributed by atoms with E-state index in [4.69, 9.17) is 28.3 Å². The number of hydrogen-bond donors (Lipinski definition) is 8. The Hall–Kier alpha value is -3.28. The van der Waals surface area contributed by atoms with E-state index in [1.165, 1.54) is 4.57 Å². The molecule has 2 aliphatic rings. The standard InChI is InChI=1S/C20H24N8O15P2/c29-11-7(41-19(12(11)30)27-5-25-9-15(27)21-3-23-17(9)32)1-40-45(37,38)43-14-8(2-39-44(34,35)36)42-20(13(14)31)28-6-26-10-16(28)22-4-24-18(10)33/h3-8,11-14,19-20,29-31H,1-2H2,(H,37,38)(H,21,23,32)(H,22,24,33)(H2,34,35,36)/t7-,8-,11-,12-,13-,14-,19-,20-/m1/s1. The predicted molar refractivity (Wildman–Crippen MR) is 141 cm³/mol. The third kappa shape index (κ3) is 6.14. The Morgan fingerprint density at radius 2 is 1.27 bits per heavy atom. The molecule has 0 bridgehead atoms. The number of fused-ring (bicyclic) bond motifs is 2. The SMILES string of the molecule is O=c1[nH]cnc2c1ncn2[C@@H]1O[C@H](COP(=O)(O)O[C@H]2[C@@H](O)[C@H](n3cnc4c(=O)[nH]cnc43)O[C@@H]2COP(=O)(O)O)[C@@H](O)[C@H]1O. The van der Waals surface area contributed by atoms with E-state index in [0.29, 0.717) is 0 Å². The van der Waals surface area contributed by atoms with Crippen molar-refractivity contribution >= 4 is 38.0 Å². The van der Waals surface area contributed by atoms with Crippen LogP contribution in [0.5, 0.6) is 0 Å². The average Bonchev–Trinajstić information content (AvgIpc) is 3.73. The van der Waals surface area contributed by atoms with Gasteiger partial charge in [0.05, 0.1) is 38.5 Å². The number of H-pyrrole nitrogens is 2. The van der Waals surface area contributed by atoms with E-state index in [2.05, 4.69) is 34.4 Å². The molecule has 4 aromatic heterocycles. The van der Waals surface area contributed by atoms with E-state index in [1.54, 1.807) is 0 Å². The fraction of sp³-hybridized carbons (Fsp3) is 0.500. The molecule has 6 rings (SSSR count). The summed E-state index contributed by atoms with van der Waals surface area (Å²) in [5.41, 5.74) is -1.45. The van der Waals surface area contributed by atoms with E-state index in [9.17, 15) is 38.9 Å². The van der Waals surface area contributed by atoms with Gasteiger partial charge in [0, 0.05) is 0 Å². The molecule has 2 aliphatic heterocycles. The molecule has 6 heterocycles. The number of rotatable bonds is 10. The number of aromatic nitrogens is 8. The van der Waals surface area contributed by atoms with E-state index in [-0.39, 0.29) is 22.3 Å². The van der Waals surface area contributed by atoms with Gasteiger partial charge in [-0.25, -0.2) is 29.1 Å². The molecule has 244 valence electrons. The second-order valence-corrected chi connectivity index (χ2v) is 12.5. The highest BCUT2D eigenvalue weighted by Gasteiger charge is 2.51. The molecule has 1 unspecified atom stereocenters. The van der Waals surface area contributed by atoms with Gasteiger partial charge in [0.25, 0.3) is 11.1 Å². The smallest absolute Gasteiger partial charge is 0.387 e. The van der Waals surface area contributed by atoms with Crippen molar-refractivity contribution in [2.24, 2.45) is 0 Å². The minimum Gasteiger partial charge on any atom is -0.387 e. The topological polar surface area (TPSA) is 329 Å². The van der Waals surface area contributed by atoms with Crippen LogP contribution in [-0.2, 0) is 32.2 Å². The summed E-state index contributed by atoms with van der Waals surface area (Å²) in [6, 6.07) is 0. The lowest BCUT2D eigenvalue weighted by atomic mass is 10.1. The van der Waals surface area contributed by atoms with Crippen molar-refractivity contribution < 1.29 is 62.2 Å². The zero-order valence-electron chi connectivity index (χ0n) is 22.3. The van der Waals surface area contributed by atoms with Gasteiger partial charge in [0.15, 0.2) is 34.8 Å². The highest BCUT2D eigenvalue weighted by Crippen LogP contribution is 2.50. The Bertz CT molecular complexity index is 1920. The molecule has 0 saturated carbocycles. The molecular formula is C20H24N8O15P2. The second kappa shape index (κ2) is 11.8. The molecule has 0 radical (unpaired) electrons. The van der Waals surface area contributed by atoms with Crippen LogP contribution in [0, 0.1) is 0 Å². The van der Waals surface area contributed by atoms with Crippen LogP contribution >= 0.6 is 15.6 Å². The molecule has 23 nitrogen and oxygen atoms in total. The molecule has 45 heavy (non-hydrogen) atoms. The van der Waals surface area contributed by atoms with Gasteiger partial charge in [-0.3, -0.25) is 32.3 Å². The van der Waals surface area contributed by atoms with E-state index >= 15 is 0 Å². The molecule has 2 fully saturated rings. The largest absolute Gasteiger partial charge is 0.472 e. The predicted octanol–water partition coefficient (Wildman–Crippen LogP) is -3.26.